The summed E-state index contributed by atoms with van der Waals surface area (Å²) in [5.41, 5.74) is 2.43. The summed E-state index contributed by atoms with van der Waals surface area (Å²) in [4.78, 5) is 19.9. The van der Waals surface area contributed by atoms with Crippen LogP contribution in [0, 0.1) is 12.3 Å². The van der Waals surface area contributed by atoms with Crippen molar-refractivity contribution in [3.63, 3.8) is 0 Å². The molecule has 22 heavy (non-hydrogen) atoms. The molecule has 0 saturated heterocycles. The first-order valence-electron chi connectivity index (χ1n) is 7.81. The molecule has 1 aliphatic rings. The number of hydrogen-bond acceptors (Lipinski definition) is 2. The number of aromatic nitrogens is 2. The van der Waals surface area contributed by atoms with Crippen LogP contribution in [-0.2, 0) is 0 Å². The lowest BCUT2D eigenvalue weighted by molar-refractivity contribution is 0.0905. The summed E-state index contributed by atoms with van der Waals surface area (Å²) in [6.45, 7) is 6.47. The van der Waals surface area contributed by atoms with Gasteiger partial charge in [0.2, 0.25) is 0 Å². The highest BCUT2D eigenvalue weighted by Crippen LogP contribution is 2.35. The third kappa shape index (κ3) is 3.12. The van der Waals surface area contributed by atoms with Gasteiger partial charge in [0.1, 0.15) is 11.3 Å². The largest absolute Gasteiger partial charge is 0.348 e. The fourth-order valence-corrected chi connectivity index (χ4v) is 3.41. The molecule has 0 atom stereocenters. The van der Waals surface area contributed by atoms with Crippen molar-refractivity contribution in [1.29, 1.82) is 0 Å². The average Bonchev–Trinajstić information content (AvgIpc) is 2.85. The van der Waals surface area contributed by atoms with Crippen molar-refractivity contribution in [2.24, 2.45) is 5.41 Å². The van der Waals surface area contributed by atoms with E-state index in [4.69, 9.17) is 11.6 Å². The summed E-state index contributed by atoms with van der Waals surface area (Å²) in [6, 6.07) is 3.85. The fourth-order valence-electron chi connectivity index (χ4n) is 3.11. The van der Waals surface area contributed by atoms with Crippen LogP contribution in [0.4, 0.5) is 0 Å². The van der Waals surface area contributed by atoms with Gasteiger partial charge in [-0.3, -0.25) is 4.79 Å². The molecule has 1 aliphatic carbocycles. The number of rotatable bonds is 2. The van der Waals surface area contributed by atoms with Crippen LogP contribution in [0.5, 0.6) is 0 Å². The van der Waals surface area contributed by atoms with Crippen LogP contribution in [0.2, 0.25) is 5.02 Å². The Bertz CT molecular complexity index is 710. The van der Waals surface area contributed by atoms with E-state index in [0.717, 1.165) is 36.8 Å². The first kappa shape index (κ1) is 15.3. The van der Waals surface area contributed by atoms with Gasteiger partial charge in [-0.1, -0.05) is 25.4 Å². The molecule has 1 saturated carbocycles. The number of amides is 1. The quantitative estimate of drug-likeness (QED) is 0.870. The predicted molar refractivity (Wildman–Crippen MR) is 89.3 cm³/mol. The molecule has 2 N–H and O–H groups in total. The maximum atomic E-state index is 12.4. The van der Waals surface area contributed by atoms with E-state index in [1.54, 1.807) is 6.07 Å². The van der Waals surface area contributed by atoms with Gasteiger partial charge >= 0.3 is 0 Å². The number of nitrogens with zero attached hydrogens (tertiary/aromatic N) is 1. The van der Waals surface area contributed by atoms with Gasteiger partial charge < -0.3 is 10.3 Å². The van der Waals surface area contributed by atoms with Crippen LogP contribution in [0.1, 0.15) is 55.7 Å². The number of H-pyrrole nitrogens is 1. The Labute approximate surface area is 135 Å². The van der Waals surface area contributed by atoms with E-state index in [1.807, 2.05) is 13.0 Å². The number of aryl methyl sites for hydroxylation is 1. The van der Waals surface area contributed by atoms with E-state index >= 15 is 0 Å². The highest BCUT2D eigenvalue weighted by Gasteiger charge is 2.28. The van der Waals surface area contributed by atoms with E-state index in [1.165, 1.54) is 0 Å². The second-order valence-electron chi connectivity index (χ2n) is 7.10. The summed E-state index contributed by atoms with van der Waals surface area (Å²) >= 11 is 6.21. The highest BCUT2D eigenvalue weighted by atomic mass is 35.5. The van der Waals surface area contributed by atoms with Gasteiger partial charge in [-0.2, -0.15) is 0 Å². The zero-order chi connectivity index (χ0) is 15.9. The van der Waals surface area contributed by atoms with Gasteiger partial charge in [0, 0.05) is 17.1 Å². The van der Waals surface area contributed by atoms with Crippen molar-refractivity contribution in [3.05, 3.63) is 28.5 Å². The zero-order valence-electron chi connectivity index (χ0n) is 13.3. The molecule has 2 heterocycles. The molecule has 0 aromatic carbocycles. The first-order valence-corrected chi connectivity index (χ1v) is 8.19. The topological polar surface area (TPSA) is 57.8 Å². The van der Waals surface area contributed by atoms with Gasteiger partial charge in [0.05, 0.1) is 5.02 Å². The summed E-state index contributed by atoms with van der Waals surface area (Å²) in [5, 5.41) is 4.54. The minimum absolute atomic E-state index is 0.0728. The predicted octanol–water partition coefficient (Wildman–Crippen LogP) is 4.22. The highest BCUT2D eigenvalue weighted by molar-refractivity contribution is 6.35. The van der Waals surface area contributed by atoms with Crippen molar-refractivity contribution in [3.8, 4) is 0 Å². The third-order valence-electron chi connectivity index (χ3n) is 4.60. The molecule has 0 radical (unpaired) electrons. The Morgan fingerprint density at radius 1 is 1.36 bits per heavy atom. The number of fused-ring (bicyclic) bond motifs is 1. The summed E-state index contributed by atoms with van der Waals surface area (Å²) in [5.74, 6) is -0.0728. The van der Waals surface area contributed by atoms with Crippen LogP contribution < -0.4 is 5.32 Å². The van der Waals surface area contributed by atoms with Crippen LogP contribution in [-0.4, -0.2) is 21.9 Å². The lowest BCUT2D eigenvalue weighted by Crippen LogP contribution is -2.39. The third-order valence-corrected chi connectivity index (χ3v) is 4.91. The van der Waals surface area contributed by atoms with E-state index in [9.17, 15) is 4.79 Å². The number of halogens is 1. The Balaban J connectivity index is 1.74. The molecule has 5 heteroatoms. The van der Waals surface area contributed by atoms with Gasteiger partial charge in [0.25, 0.3) is 5.91 Å². The molecule has 0 bridgehead atoms. The van der Waals surface area contributed by atoms with Gasteiger partial charge in [-0.25, -0.2) is 4.98 Å². The van der Waals surface area contributed by atoms with E-state index in [2.05, 4.69) is 29.1 Å². The van der Waals surface area contributed by atoms with E-state index in [0.29, 0.717) is 21.8 Å². The molecule has 4 nitrogen and oxygen atoms in total. The number of nitrogens with one attached hydrogen (secondary N) is 2. The number of aromatic amines is 1. The van der Waals surface area contributed by atoms with Crippen molar-refractivity contribution in [2.75, 3.05) is 0 Å². The molecule has 118 valence electrons. The average molecular weight is 320 g/mol. The van der Waals surface area contributed by atoms with Crippen molar-refractivity contribution >= 4 is 28.5 Å². The van der Waals surface area contributed by atoms with Crippen LogP contribution in [0.15, 0.2) is 12.1 Å². The van der Waals surface area contributed by atoms with Crippen LogP contribution in [0.25, 0.3) is 11.0 Å². The zero-order valence-corrected chi connectivity index (χ0v) is 14.0. The standard InChI is InChI=1S/C17H22ClN3O/c1-10-8-13(18)12-9-14(21-15(12)19-10)16(22)20-11-4-6-17(2,3)7-5-11/h8-9,11H,4-7H2,1-3H3,(H,19,21)(H,20,22). The molecule has 0 unspecified atom stereocenters. The molecular weight excluding hydrogens is 298 g/mol. The van der Waals surface area contributed by atoms with Crippen molar-refractivity contribution < 1.29 is 4.79 Å². The molecular formula is C17H22ClN3O. The molecule has 1 amide bonds. The van der Waals surface area contributed by atoms with E-state index in [-0.39, 0.29) is 11.9 Å². The number of hydrogen-bond donors (Lipinski definition) is 2. The van der Waals surface area contributed by atoms with Crippen molar-refractivity contribution in [1.82, 2.24) is 15.3 Å². The molecule has 3 rings (SSSR count). The Hall–Kier alpha value is -1.55. The normalized spacial score (nSPS) is 18.5. The number of carbonyl (C=O) groups is 1. The second kappa shape index (κ2) is 5.58. The number of carbonyl (C=O) groups excluding carboxylic acids is 1. The Morgan fingerprint density at radius 2 is 2.05 bits per heavy atom. The number of pyridine rings is 1. The molecule has 1 fully saturated rings. The summed E-state index contributed by atoms with van der Waals surface area (Å²) in [6.07, 6.45) is 4.38. The molecule has 2 aromatic heterocycles. The smallest absolute Gasteiger partial charge is 0.267 e. The first-order chi connectivity index (χ1) is 10.3. The fraction of sp³-hybridized carbons (Fsp3) is 0.529. The molecule has 2 aromatic rings. The summed E-state index contributed by atoms with van der Waals surface area (Å²) < 4.78 is 0. The molecule has 0 aliphatic heterocycles. The maximum Gasteiger partial charge on any atom is 0.267 e. The van der Waals surface area contributed by atoms with Crippen molar-refractivity contribution in [2.45, 2.75) is 52.5 Å². The molecule has 0 spiro atoms. The lowest BCUT2D eigenvalue weighted by atomic mass is 9.75. The van der Waals surface area contributed by atoms with Crippen LogP contribution in [0.3, 0.4) is 0 Å². The Kier molecular flexibility index (Phi) is 3.89. The monoisotopic (exact) mass is 319 g/mol. The lowest BCUT2D eigenvalue weighted by Gasteiger charge is -2.34. The maximum absolute atomic E-state index is 12.4. The second-order valence-corrected chi connectivity index (χ2v) is 7.51. The minimum Gasteiger partial charge on any atom is -0.348 e. The van der Waals surface area contributed by atoms with Gasteiger partial charge in [-0.15, -0.1) is 0 Å². The van der Waals surface area contributed by atoms with Gasteiger partial charge in [0.15, 0.2) is 0 Å². The van der Waals surface area contributed by atoms with Gasteiger partial charge in [-0.05, 0) is 50.2 Å². The summed E-state index contributed by atoms with van der Waals surface area (Å²) in [7, 11) is 0. The van der Waals surface area contributed by atoms with E-state index < -0.39 is 0 Å². The SMILES string of the molecule is Cc1cc(Cl)c2cc(C(=O)NC3CCC(C)(C)CC3)[nH]c2n1. The Morgan fingerprint density at radius 3 is 2.73 bits per heavy atom. The van der Waals surface area contributed by atoms with Crippen LogP contribution >= 0.6 is 11.6 Å². The minimum atomic E-state index is -0.0728.